The van der Waals surface area contributed by atoms with E-state index in [2.05, 4.69) is 301 Å². The minimum atomic E-state index is -0.515. The second-order valence-corrected chi connectivity index (χ2v) is 19.2. The summed E-state index contributed by atoms with van der Waals surface area (Å²) < 4.78 is 2.45. The van der Waals surface area contributed by atoms with E-state index in [0.717, 1.165) is 22.6 Å². The number of hydrogen-bond acceptors (Lipinski definition) is 1. The van der Waals surface area contributed by atoms with Crippen molar-refractivity contribution in [3.63, 3.8) is 0 Å². The molecular weight excluding hydrogens is 881 g/mol. The zero-order valence-corrected chi connectivity index (χ0v) is 40.1. The lowest BCUT2D eigenvalue weighted by molar-refractivity contribution is 0.768. The molecule has 0 bridgehead atoms. The summed E-state index contributed by atoms with van der Waals surface area (Å²) in [4.78, 5) is 2.42. The molecule has 12 aromatic carbocycles. The van der Waals surface area contributed by atoms with E-state index in [4.69, 9.17) is 0 Å². The molecule has 342 valence electrons. The fraction of sp³-hybridized carbons (Fsp3) is 0.0141. The molecule has 0 saturated heterocycles. The van der Waals surface area contributed by atoms with Gasteiger partial charge in [-0.3, -0.25) is 0 Å². The van der Waals surface area contributed by atoms with Crippen LogP contribution in [0.3, 0.4) is 0 Å². The van der Waals surface area contributed by atoms with Crippen LogP contribution >= 0.6 is 0 Å². The van der Waals surface area contributed by atoms with Crippen molar-refractivity contribution in [1.82, 2.24) is 4.57 Å². The molecular formula is C71H48N2. The molecule has 0 aliphatic heterocycles. The molecule has 0 spiro atoms. The monoisotopic (exact) mass is 928 g/mol. The number of rotatable bonds is 9. The summed E-state index contributed by atoms with van der Waals surface area (Å²) in [5, 5.41) is 4.97. The highest BCUT2D eigenvalue weighted by atomic mass is 15.1. The summed E-state index contributed by atoms with van der Waals surface area (Å²) in [6.45, 7) is 0. The molecule has 13 aromatic rings. The lowest BCUT2D eigenvalue weighted by Gasteiger charge is -2.35. The zero-order chi connectivity index (χ0) is 48.3. The molecule has 1 heterocycles. The van der Waals surface area contributed by atoms with Crippen LogP contribution in [0.1, 0.15) is 22.3 Å². The maximum atomic E-state index is 2.45. The molecule has 73 heavy (non-hydrogen) atoms. The Morgan fingerprint density at radius 1 is 0.274 bits per heavy atom. The number of anilines is 3. The molecule has 0 atom stereocenters. The lowest BCUT2D eigenvalue weighted by atomic mass is 9.67. The first-order valence-corrected chi connectivity index (χ1v) is 25.2. The van der Waals surface area contributed by atoms with Gasteiger partial charge in [-0.05, 0) is 133 Å². The average Bonchev–Trinajstić information content (AvgIpc) is 3.96. The number of benzene rings is 12. The molecule has 0 amide bonds. The van der Waals surface area contributed by atoms with E-state index < -0.39 is 5.41 Å². The van der Waals surface area contributed by atoms with Crippen molar-refractivity contribution in [1.29, 1.82) is 0 Å². The Hall–Kier alpha value is -9.50. The largest absolute Gasteiger partial charge is 0.310 e. The third kappa shape index (κ3) is 6.94. The quantitative estimate of drug-likeness (QED) is 0.140. The Morgan fingerprint density at radius 3 is 1.48 bits per heavy atom. The maximum absolute atomic E-state index is 2.45. The summed E-state index contributed by atoms with van der Waals surface area (Å²) in [5.41, 5.74) is 21.0. The minimum Gasteiger partial charge on any atom is -0.310 e. The topological polar surface area (TPSA) is 8.17 Å². The van der Waals surface area contributed by atoms with Crippen LogP contribution in [0.2, 0.25) is 0 Å². The van der Waals surface area contributed by atoms with Crippen molar-refractivity contribution >= 4 is 49.6 Å². The summed E-state index contributed by atoms with van der Waals surface area (Å²) in [6, 6.07) is 107. The first kappa shape index (κ1) is 42.4. The Labute approximate surface area is 426 Å². The maximum Gasteiger partial charge on any atom is 0.0714 e. The van der Waals surface area contributed by atoms with E-state index >= 15 is 0 Å². The Kier molecular flexibility index (Phi) is 10.1. The van der Waals surface area contributed by atoms with Gasteiger partial charge < -0.3 is 9.47 Å². The third-order valence-corrected chi connectivity index (χ3v) is 15.3. The summed E-state index contributed by atoms with van der Waals surface area (Å²) in [7, 11) is 0. The molecule has 0 unspecified atom stereocenters. The van der Waals surface area contributed by atoms with Gasteiger partial charge in [0, 0.05) is 33.2 Å². The lowest BCUT2D eigenvalue weighted by Crippen LogP contribution is -2.28. The van der Waals surface area contributed by atoms with Crippen molar-refractivity contribution in [2.45, 2.75) is 5.41 Å². The highest BCUT2D eigenvalue weighted by Gasteiger charge is 2.46. The van der Waals surface area contributed by atoms with Gasteiger partial charge in [0.2, 0.25) is 0 Å². The van der Waals surface area contributed by atoms with Crippen LogP contribution in [0.4, 0.5) is 17.1 Å². The molecule has 2 nitrogen and oxygen atoms in total. The van der Waals surface area contributed by atoms with Crippen LogP contribution < -0.4 is 4.90 Å². The fourth-order valence-corrected chi connectivity index (χ4v) is 11.9. The summed E-state index contributed by atoms with van der Waals surface area (Å²) in [5.74, 6) is 0. The van der Waals surface area contributed by atoms with Gasteiger partial charge in [0.15, 0.2) is 0 Å². The molecule has 0 radical (unpaired) electrons. The number of fused-ring (bicyclic) bond motifs is 7. The average molecular weight is 929 g/mol. The van der Waals surface area contributed by atoms with Gasteiger partial charge in [-0.15, -0.1) is 0 Å². The van der Waals surface area contributed by atoms with Crippen molar-refractivity contribution in [2.75, 3.05) is 4.90 Å². The van der Waals surface area contributed by atoms with Crippen LogP contribution in [0.15, 0.2) is 291 Å². The van der Waals surface area contributed by atoms with Gasteiger partial charge in [-0.25, -0.2) is 0 Å². The highest BCUT2D eigenvalue weighted by Crippen LogP contribution is 2.57. The van der Waals surface area contributed by atoms with Gasteiger partial charge in [0.25, 0.3) is 0 Å². The molecule has 0 N–H and O–H groups in total. The fourth-order valence-electron chi connectivity index (χ4n) is 11.9. The van der Waals surface area contributed by atoms with Crippen molar-refractivity contribution in [3.8, 4) is 50.2 Å². The number of nitrogens with zero attached hydrogens (tertiary/aromatic N) is 2. The van der Waals surface area contributed by atoms with Gasteiger partial charge in [0.05, 0.1) is 22.1 Å². The van der Waals surface area contributed by atoms with Crippen molar-refractivity contribution in [2.24, 2.45) is 0 Å². The number of hydrogen-bond donors (Lipinski definition) is 0. The van der Waals surface area contributed by atoms with E-state index in [1.54, 1.807) is 0 Å². The molecule has 14 rings (SSSR count). The van der Waals surface area contributed by atoms with Crippen LogP contribution in [0.25, 0.3) is 82.8 Å². The Morgan fingerprint density at radius 2 is 0.753 bits per heavy atom. The van der Waals surface area contributed by atoms with E-state index in [0.29, 0.717) is 0 Å². The van der Waals surface area contributed by atoms with E-state index in [9.17, 15) is 0 Å². The first-order valence-electron chi connectivity index (χ1n) is 25.2. The van der Waals surface area contributed by atoms with Crippen LogP contribution in [-0.4, -0.2) is 4.57 Å². The van der Waals surface area contributed by atoms with Crippen molar-refractivity contribution in [3.05, 3.63) is 313 Å². The molecule has 2 heteroatoms. The SMILES string of the molecule is c1ccc(-c2ccc(N(c3ccc(-c4cccc(-c5ccc6c7ccccc7n(-c7cccc8ccccc78)c6c5)c4)cc3)c3ccc4c(c3)C(c3ccccc3)(c3ccccc3)c3ccccc3-4)cc2)cc1. The van der Waals surface area contributed by atoms with Crippen LogP contribution in [-0.2, 0) is 5.41 Å². The molecule has 0 fully saturated rings. The van der Waals surface area contributed by atoms with Gasteiger partial charge in [0.1, 0.15) is 0 Å². The predicted octanol–water partition coefficient (Wildman–Crippen LogP) is 18.8. The van der Waals surface area contributed by atoms with Gasteiger partial charge >= 0.3 is 0 Å². The second-order valence-electron chi connectivity index (χ2n) is 19.2. The number of para-hydroxylation sites is 1. The standard InChI is InChI=1S/C71H48N2/c1-4-18-49(19-5-1)50-34-39-58(40-35-50)72(60-43-45-63-62-29-12-14-31-66(62)71(67(63)48-60,56-24-6-2-7-25-56)57-26-8-3-9-27-57)59-41-36-51(37-42-59)53-22-16-23-54(46-53)55-38-44-65-64-30-13-15-32-69(64)73(70(65)47-55)68-33-17-21-52-20-10-11-28-61(52)68/h1-48H. The smallest absolute Gasteiger partial charge is 0.0714 e. The second kappa shape index (κ2) is 17.4. The number of aromatic nitrogens is 1. The zero-order valence-electron chi connectivity index (χ0n) is 40.1. The summed E-state index contributed by atoms with van der Waals surface area (Å²) in [6.07, 6.45) is 0. The third-order valence-electron chi connectivity index (χ3n) is 15.3. The van der Waals surface area contributed by atoms with E-state index in [-0.39, 0.29) is 0 Å². The first-order chi connectivity index (χ1) is 36.2. The van der Waals surface area contributed by atoms with E-state index in [1.165, 1.54) is 99.5 Å². The Balaban J connectivity index is 0.881. The minimum absolute atomic E-state index is 0.515. The van der Waals surface area contributed by atoms with E-state index in [1.807, 2.05) is 0 Å². The van der Waals surface area contributed by atoms with Gasteiger partial charge in [-0.1, -0.05) is 231 Å². The predicted molar refractivity (Wildman–Crippen MR) is 307 cm³/mol. The highest BCUT2D eigenvalue weighted by molar-refractivity contribution is 6.11. The normalized spacial score (nSPS) is 12.5. The Bertz CT molecular complexity index is 4130. The molecule has 1 aromatic heterocycles. The van der Waals surface area contributed by atoms with Crippen LogP contribution in [0, 0.1) is 0 Å². The van der Waals surface area contributed by atoms with Gasteiger partial charge in [-0.2, -0.15) is 0 Å². The van der Waals surface area contributed by atoms with Crippen LogP contribution in [0.5, 0.6) is 0 Å². The molecule has 0 saturated carbocycles. The van der Waals surface area contributed by atoms with Crippen molar-refractivity contribution < 1.29 is 0 Å². The molecule has 1 aliphatic carbocycles. The summed E-state index contributed by atoms with van der Waals surface area (Å²) >= 11 is 0. The molecule has 1 aliphatic rings.